The van der Waals surface area contributed by atoms with Crippen LogP contribution in [-0.4, -0.2) is 65.3 Å². The van der Waals surface area contributed by atoms with Crippen LogP contribution in [0.1, 0.15) is 46.0 Å². The minimum absolute atomic E-state index is 0.0110. The number of amides is 5. The minimum Gasteiger partial charge on any atom is -0.480 e. The van der Waals surface area contributed by atoms with Crippen LogP contribution in [0.4, 0.5) is 0 Å². The molecule has 0 rings (SSSR count). The smallest absolute Gasteiger partial charge is 0.326 e. The van der Waals surface area contributed by atoms with Crippen LogP contribution in [0.5, 0.6) is 0 Å². The van der Waals surface area contributed by atoms with Gasteiger partial charge in [-0.05, 0) is 25.2 Å². The first-order valence-corrected chi connectivity index (χ1v) is 9.76. The van der Waals surface area contributed by atoms with Crippen LogP contribution < -0.4 is 33.2 Å². The summed E-state index contributed by atoms with van der Waals surface area (Å²) in [7, 11) is 0. The molecular formula is C18H32N6O7. The van der Waals surface area contributed by atoms with Crippen molar-refractivity contribution in [3.05, 3.63) is 0 Å². The number of hydrogen-bond donors (Lipinski definition) is 7. The third-order valence-corrected chi connectivity index (χ3v) is 4.15. The van der Waals surface area contributed by atoms with Crippen LogP contribution in [0, 0.1) is 5.92 Å². The highest BCUT2D eigenvalue weighted by Crippen LogP contribution is 2.07. The van der Waals surface area contributed by atoms with E-state index in [1.807, 2.05) is 13.8 Å². The quantitative estimate of drug-likeness (QED) is 0.137. The highest BCUT2D eigenvalue weighted by atomic mass is 16.4. The summed E-state index contributed by atoms with van der Waals surface area (Å²) in [5, 5.41) is 16.3. The summed E-state index contributed by atoms with van der Waals surface area (Å²) in [6.07, 6.45) is -0.750. The lowest BCUT2D eigenvalue weighted by molar-refractivity contribution is -0.142. The lowest BCUT2D eigenvalue weighted by Crippen LogP contribution is -2.56. The number of nitrogens with one attached hydrogen (secondary N) is 3. The van der Waals surface area contributed by atoms with Crippen molar-refractivity contribution in [3.8, 4) is 0 Å². The van der Waals surface area contributed by atoms with Gasteiger partial charge in [0.25, 0.3) is 0 Å². The van der Waals surface area contributed by atoms with Gasteiger partial charge in [0, 0.05) is 12.8 Å². The van der Waals surface area contributed by atoms with E-state index in [1.165, 1.54) is 0 Å². The van der Waals surface area contributed by atoms with E-state index >= 15 is 0 Å². The Bertz CT molecular complexity index is 682. The Balaban J connectivity index is 5.43. The van der Waals surface area contributed by atoms with Gasteiger partial charge in [-0.3, -0.25) is 24.0 Å². The maximum Gasteiger partial charge on any atom is 0.326 e. The number of primary amides is 2. The van der Waals surface area contributed by atoms with Gasteiger partial charge in [-0.2, -0.15) is 0 Å². The van der Waals surface area contributed by atoms with E-state index < -0.39 is 53.6 Å². The van der Waals surface area contributed by atoms with Crippen molar-refractivity contribution in [1.29, 1.82) is 0 Å². The number of nitrogens with two attached hydrogens (primary N) is 3. The molecule has 3 atom stereocenters. The number of rotatable bonds is 15. The number of aliphatic carboxylic acids is 1. The Labute approximate surface area is 179 Å². The number of carbonyl (C=O) groups is 6. The summed E-state index contributed by atoms with van der Waals surface area (Å²) < 4.78 is 0. The average molecular weight is 444 g/mol. The summed E-state index contributed by atoms with van der Waals surface area (Å²) in [6.45, 7) is 3.30. The monoisotopic (exact) mass is 444 g/mol. The van der Waals surface area contributed by atoms with Crippen LogP contribution in [0.25, 0.3) is 0 Å². The molecule has 0 aromatic heterocycles. The highest BCUT2D eigenvalue weighted by molar-refractivity contribution is 5.94. The van der Waals surface area contributed by atoms with E-state index in [2.05, 4.69) is 16.0 Å². The maximum absolute atomic E-state index is 12.7. The molecule has 0 aliphatic rings. The third-order valence-electron chi connectivity index (χ3n) is 4.15. The van der Waals surface area contributed by atoms with E-state index in [4.69, 9.17) is 17.2 Å². The molecule has 0 aromatic carbocycles. The molecule has 0 fully saturated rings. The summed E-state index contributed by atoms with van der Waals surface area (Å²) in [4.78, 5) is 70.3. The molecule has 0 aliphatic heterocycles. The zero-order valence-electron chi connectivity index (χ0n) is 17.7. The van der Waals surface area contributed by atoms with Gasteiger partial charge in [0.15, 0.2) is 0 Å². The molecule has 5 amide bonds. The van der Waals surface area contributed by atoms with Gasteiger partial charge in [0.1, 0.15) is 18.1 Å². The molecule has 0 saturated carbocycles. The van der Waals surface area contributed by atoms with Crippen LogP contribution in [0.2, 0.25) is 0 Å². The van der Waals surface area contributed by atoms with Crippen molar-refractivity contribution in [1.82, 2.24) is 16.0 Å². The molecule has 0 spiro atoms. The molecule has 3 unspecified atom stereocenters. The average Bonchev–Trinajstić information content (AvgIpc) is 2.66. The van der Waals surface area contributed by atoms with Gasteiger partial charge in [-0.25, -0.2) is 4.79 Å². The van der Waals surface area contributed by atoms with Gasteiger partial charge in [-0.15, -0.1) is 0 Å². The van der Waals surface area contributed by atoms with E-state index in [9.17, 15) is 33.9 Å². The van der Waals surface area contributed by atoms with E-state index in [0.717, 1.165) is 0 Å². The standard InChI is InChI=1S/C18H32N6O7/c1-9(2)7-12(22-15(27)8-19)17(29)23-10(3-5-13(20)25)16(28)24-11(18(30)31)4-6-14(21)26/h9-12H,3-8,19H2,1-2H3,(H2,20,25)(H2,21,26)(H,22,27)(H,23,29)(H,24,28)(H,30,31). The molecule has 31 heavy (non-hydrogen) atoms. The number of hydrogen-bond acceptors (Lipinski definition) is 7. The molecule has 0 aliphatic carbocycles. The van der Waals surface area contributed by atoms with Gasteiger partial charge >= 0.3 is 5.97 Å². The molecule has 0 heterocycles. The summed E-state index contributed by atoms with van der Waals surface area (Å²) in [5.74, 6) is -5.03. The Morgan fingerprint density at radius 2 is 1.23 bits per heavy atom. The number of carbonyl (C=O) groups excluding carboxylic acids is 5. The van der Waals surface area contributed by atoms with E-state index in [1.54, 1.807) is 0 Å². The van der Waals surface area contributed by atoms with Gasteiger partial charge in [0.2, 0.25) is 29.5 Å². The Morgan fingerprint density at radius 3 is 1.65 bits per heavy atom. The Kier molecular flexibility index (Phi) is 12.5. The Morgan fingerprint density at radius 1 is 0.774 bits per heavy atom. The van der Waals surface area contributed by atoms with Gasteiger partial charge in [-0.1, -0.05) is 13.8 Å². The zero-order valence-corrected chi connectivity index (χ0v) is 17.7. The van der Waals surface area contributed by atoms with Crippen molar-refractivity contribution in [3.63, 3.8) is 0 Å². The molecular weight excluding hydrogens is 412 g/mol. The van der Waals surface area contributed by atoms with Crippen LogP contribution in [-0.2, 0) is 28.8 Å². The summed E-state index contributed by atoms with van der Waals surface area (Å²) in [5.41, 5.74) is 15.4. The van der Waals surface area contributed by atoms with Crippen molar-refractivity contribution >= 4 is 35.5 Å². The van der Waals surface area contributed by atoms with E-state index in [0.29, 0.717) is 0 Å². The molecule has 0 saturated heterocycles. The molecule has 13 heteroatoms. The second-order valence-electron chi connectivity index (χ2n) is 7.42. The first-order chi connectivity index (χ1) is 14.4. The van der Waals surface area contributed by atoms with Crippen LogP contribution >= 0.6 is 0 Å². The van der Waals surface area contributed by atoms with E-state index in [-0.39, 0.29) is 44.6 Å². The lowest BCUT2D eigenvalue weighted by Gasteiger charge is -2.25. The van der Waals surface area contributed by atoms with Crippen LogP contribution in [0.15, 0.2) is 0 Å². The van der Waals surface area contributed by atoms with Crippen molar-refractivity contribution in [2.24, 2.45) is 23.1 Å². The topological polar surface area (TPSA) is 237 Å². The second kappa shape index (κ2) is 13.9. The Hall–Kier alpha value is -3.22. The predicted molar refractivity (Wildman–Crippen MR) is 109 cm³/mol. The molecule has 0 aromatic rings. The molecule has 10 N–H and O–H groups in total. The zero-order chi connectivity index (χ0) is 24.1. The normalized spacial score (nSPS) is 13.5. The summed E-state index contributed by atoms with van der Waals surface area (Å²) in [6, 6.07) is -3.73. The van der Waals surface area contributed by atoms with Crippen molar-refractivity contribution in [2.45, 2.75) is 64.1 Å². The lowest BCUT2D eigenvalue weighted by atomic mass is 10.0. The van der Waals surface area contributed by atoms with Gasteiger partial charge in [0.05, 0.1) is 6.54 Å². The number of carboxylic acids is 1. The molecule has 0 radical (unpaired) electrons. The largest absolute Gasteiger partial charge is 0.480 e. The van der Waals surface area contributed by atoms with Crippen molar-refractivity contribution in [2.75, 3.05) is 6.54 Å². The minimum atomic E-state index is -1.43. The first kappa shape index (κ1) is 27.8. The fourth-order valence-corrected chi connectivity index (χ4v) is 2.60. The second-order valence-corrected chi connectivity index (χ2v) is 7.42. The SMILES string of the molecule is CC(C)CC(NC(=O)CN)C(=O)NC(CCC(N)=O)C(=O)NC(CCC(N)=O)C(=O)O. The maximum atomic E-state index is 12.7. The first-order valence-electron chi connectivity index (χ1n) is 9.76. The fraction of sp³-hybridized carbons (Fsp3) is 0.667. The van der Waals surface area contributed by atoms with Crippen molar-refractivity contribution < 1.29 is 33.9 Å². The van der Waals surface area contributed by atoms with Crippen LogP contribution in [0.3, 0.4) is 0 Å². The number of carboxylic acid groups (broad SMARTS) is 1. The molecule has 13 nitrogen and oxygen atoms in total. The summed E-state index contributed by atoms with van der Waals surface area (Å²) >= 11 is 0. The highest BCUT2D eigenvalue weighted by Gasteiger charge is 2.30. The fourth-order valence-electron chi connectivity index (χ4n) is 2.60. The third kappa shape index (κ3) is 12.2. The predicted octanol–water partition coefficient (Wildman–Crippen LogP) is -2.94. The molecule has 0 bridgehead atoms. The van der Waals surface area contributed by atoms with Gasteiger partial charge < -0.3 is 38.3 Å². The molecule has 176 valence electrons.